The molecule has 0 atom stereocenters. The van der Waals surface area contributed by atoms with Gasteiger partial charge in [0, 0.05) is 13.6 Å². The first kappa shape index (κ1) is 15.9. The van der Waals surface area contributed by atoms with Crippen LogP contribution in [0.1, 0.15) is 22.8 Å². The van der Waals surface area contributed by atoms with Gasteiger partial charge < -0.3 is 15.4 Å². The van der Waals surface area contributed by atoms with Crippen LogP contribution < -0.4 is 10.6 Å². The first-order chi connectivity index (χ1) is 10.0. The summed E-state index contributed by atoms with van der Waals surface area (Å²) in [5.41, 5.74) is 9.19. The number of nitrogen functional groups attached to an aromatic ring is 1. The molecule has 21 heavy (non-hydrogen) atoms. The van der Waals surface area contributed by atoms with Crippen molar-refractivity contribution in [2.75, 3.05) is 24.3 Å². The molecule has 2 rings (SSSR count). The molecule has 0 unspecified atom stereocenters. The highest BCUT2D eigenvalue weighted by molar-refractivity contribution is 9.11. The van der Waals surface area contributed by atoms with Gasteiger partial charge in [0.1, 0.15) is 0 Å². The van der Waals surface area contributed by atoms with Crippen molar-refractivity contribution in [3.63, 3.8) is 0 Å². The van der Waals surface area contributed by atoms with Crippen molar-refractivity contribution < 1.29 is 9.53 Å². The molecular weight excluding hydrogens is 352 g/mol. The Kier molecular flexibility index (Phi) is 5.25. The molecular formula is C15H17BrN2O2S. The van der Waals surface area contributed by atoms with E-state index < -0.39 is 0 Å². The molecule has 6 heteroatoms. The number of nitrogens with zero attached hydrogens (tertiary/aromatic N) is 1. The van der Waals surface area contributed by atoms with Gasteiger partial charge >= 0.3 is 5.97 Å². The molecule has 2 N–H and O–H groups in total. The van der Waals surface area contributed by atoms with E-state index in [1.54, 1.807) is 36.5 Å². The van der Waals surface area contributed by atoms with Crippen LogP contribution in [0.3, 0.4) is 0 Å². The van der Waals surface area contributed by atoms with E-state index in [1.165, 1.54) is 5.56 Å². The summed E-state index contributed by atoms with van der Waals surface area (Å²) in [6.07, 6.45) is 0. The molecule has 0 fully saturated rings. The molecule has 1 aromatic heterocycles. The van der Waals surface area contributed by atoms with Crippen LogP contribution in [-0.2, 0) is 11.3 Å². The van der Waals surface area contributed by atoms with E-state index in [1.807, 2.05) is 11.9 Å². The predicted octanol–water partition coefficient (Wildman–Crippen LogP) is 3.91. The second-order valence-electron chi connectivity index (χ2n) is 4.61. The molecule has 4 nitrogen and oxygen atoms in total. The van der Waals surface area contributed by atoms with Crippen LogP contribution in [-0.4, -0.2) is 19.6 Å². The third-order valence-electron chi connectivity index (χ3n) is 2.99. The maximum absolute atomic E-state index is 11.8. The topological polar surface area (TPSA) is 55.6 Å². The van der Waals surface area contributed by atoms with Crippen molar-refractivity contribution in [3.8, 4) is 0 Å². The molecule has 0 bridgehead atoms. The number of anilines is 2. The quantitative estimate of drug-likeness (QED) is 0.642. The van der Waals surface area contributed by atoms with Crippen molar-refractivity contribution in [1.29, 1.82) is 0 Å². The second-order valence-corrected chi connectivity index (χ2v) is 6.90. The lowest BCUT2D eigenvalue weighted by molar-refractivity contribution is 0.0526. The number of carbonyl (C=O) groups is 1. The number of hydrogen-bond acceptors (Lipinski definition) is 5. The Morgan fingerprint density at radius 3 is 2.81 bits per heavy atom. The number of esters is 1. The average Bonchev–Trinajstić information content (AvgIpc) is 2.84. The molecule has 0 aliphatic rings. The molecule has 0 aliphatic carbocycles. The maximum Gasteiger partial charge on any atom is 0.338 e. The Hall–Kier alpha value is -1.53. The maximum atomic E-state index is 11.8. The molecule has 0 aliphatic heterocycles. The monoisotopic (exact) mass is 368 g/mol. The summed E-state index contributed by atoms with van der Waals surface area (Å²) < 4.78 is 6.12. The summed E-state index contributed by atoms with van der Waals surface area (Å²) in [7, 11) is 1.95. The third kappa shape index (κ3) is 3.98. The highest BCUT2D eigenvalue weighted by Crippen LogP contribution is 2.27. The van der Waals surface area contributed by atoms with Crippen LogP contribution in [0.5, 0.6) is 0 Å². The summed E-state index contributed by atoms with van der Waals surface area (Å²) >= 11 is 5.10. The number of rotatable bonds is 5. The Morgan fingerprint density at radius 2 is 2.19 bits per heavy atom. The van der Waals surface area contributed by atoms with Gasteiger partial charge in [-0.25, -0.2) is 4.79 Å². The van der Waals surface area contributed by atoms with Crippen LogP contribution in [0, 0.1) is 0 Å². The largest absolute Gasteiger partial charge is 0.462 e. The van der Waals surface area contributed by atoms with Crippen LogP contribution >= 0.6 is 27.3 Å². The normalized spacial score (nSPS) is 10.4. The fraction of sp³-hybridized carbons (Fsp3) is 0.267. The standard InChI is InChI=1S/C15H17BrN2O2S/c1-3-20-15(19)11-4-5-12(17)13(7-11)18(2)8-10-6-14(16)21-9-10/h4-7,9H,3,8,17H2,1-2H3. The zero-order valence-electron chi connectivity index (χ0n) is 11.9. The van der Waals surface area contributed by atoms with Crippen molar-refractivity contribution >= 4 is 44.6 Å². The van der Waals surface area contributed by atoms with Gasteiger partial charge in [0.25, 0.3) is 0 Å². The number of nitrogens with two attached hydrogens (primary N) is 1. The van der Waals surface area contributed by atoms with Crippen molar-refractivity contribution in [1.82, 2.24) is 0 Å². The highest BCUT2D eigenvalue weighted by atomic mass is 79.9. The molecule has 0 spiro atoms. The number of carbonyl (C=O) groups excluding carboxylic acids is 1. The van der Waals surface area contributed by atoms with Crippen LogP contribution in [0.15, 0.2) is 33.4 Å². The lowest BCUT2D eigenvalue weighted by Crippen LogP contribution is -2.18. The van der Waals surface area contributed by atoms with Gasteiger partial charge in [-0.2, -0.15) is 0 Å². The average molecular weight is 369 g/mol. The number of hydrogen-bond donors (Lipinski definition) is 1. The van der Waals surface area contributed by atoms with Gasteiger partial charge in [-0.3, -0.25) is 0 Å². The molecule has 2 aromatic rings. The number of halogens is 1. The Morgan fingerprint density at radius 1 is 1.43 bits per heavy atom. The molecule has 0 saturated heterocycles. The molecule has 1 aromatic carbocycles. The van der Waals surface area contributed by atoms with E-state index in [0.29, 0.717) is 17.9 Å². The zero-order valence-corrected chi connectivity index (χ0v) is 14.3. The Bertz CT molecular complexity index is 642. The fourth-order valence-corrected chi connectivity index (χ4v) is 3.20. The summed E-state index contributed by atoms with van der Waals surface area (Å²) in [5.74, 6) is -0.328. The minimum atomic E-state index is -0.328. The first-order valence-corrected chi connectivity index (χ1v) is 8.19. The summed E-state index contributed by atoms with van der Waals surface area (Å²) in [6.45, 7) is 2.87. The summed E-state index contributed by atoms with van der Waals surface area (Å²) in [4.78, 5) is 13.8. The van der Waals surface area contributed by atoms with Gasteiger partial charge in [0.15, 0.2) is 0 Å². The third-order valence-corrected chi connectivity index (χ3v) is 4.55. The highest BCUT2D eigenvalue weighted by Gasteiger charge is 2.12. The van der Waals surface area contributed by atoms with Gasteiger partial charge in [0.2, 0.25) is 0 Å². The molecule has 1 heterocycles. The van der Waals surface area contributed by atoms with Crippen LogP contribution in [0.25, 0.3) is 0 Å². The van der Waals surface area contributed by atoms with Crippen molar-refractivity contribution in [3.05, 3.63) is 44.6 Å². The summed E-state index contributed by atoms with van der Waals surface area (Å²) in [5, 5.41) is 2.09. The minimum absolute atomic E-state index is 0.328. The van der Waals surface area contributed by atoms with Gasteiger partial charge in [-0.15, -0.1) is 11.3 Å². The van der Waals surface area contributed by atoms with Crippen LogP contribution in [0.2, 0.25) is 0 Å². The van der Waals surface area contributed by atoms with Gasteiger partial charge in [-0.1, -0.05) is 0 Å². The molecule has 0 radical (unpaired) electrons. The summed E-state index contributed by atoms with van der Waals surface area (Å²) in [6, 6.07) is 7.27. The van der Waals surface area contributed by atoms with Crippen LogP contribution in [0.4, 0.5) is 11.4 Å². The van der Waals surface area contributed by atoms with E-state index in [4.69, 9.17) is 10.5 Å². The van der Waals surface area contributed by atoms with E-state index >= 15 is 0 Å². The van der Waals surface area contributed by atoms with Crippen molar-refractivity contribution in [2.24, 2.45) is 0 Å². The van der Waals surface area contributed by atoms with E-state index in [-0.39, 0.29) is 5.97 Å². The van der Waals surface area contributed by atoms with E-state index in [9.17, 15) is 4.79 Å². The Labute approximate surface area is 136 Å². The number of benzene rings is 1. The van der Waals surface area contributed by atoms with Gasteiger partial charge in [-0.05, 0) is 58.1 Å². The minimum Gasteiger partial charge on any atom is -0.462 e. The number of thiophene rings is 1. The fourth-order valence-electron chi connectivity index (χ4n) is 2.00. The Balaban J connectivity index is 2.21. The van der Waals surface area contributed by atoms with Crippen molar-refractivity contribution in [2.45, 2.75) is 13.5 Å². The zero-order chi connectivity index (χ0) is 15.4. The lowest BCUT2D eigenvalue weighted by atomic mass is 10.1. The van der Waals surface area contributed by atoms with Gasteiger partial charge in [0.05, 0.1) is 27.3 Å². The molecule has 112 valence electrons. The molecule has 0 amide bonds. The SMILES string of the molecule is CCOC(=O)c1ccc(N)c(N(C)Cc2csc(Br)c2)c1. The van der Waals surface area contributed by atoms with E-state index in [0.717, 1.165) is 16.0 Å². The predicted molar refractivity (Wildman–Crippen MR) is 90.9 cm³/mol. The molecule has 0 saturated carbocycles. The smallest absolute Gasteiger partial charge is 0.338 e. The second kappa shape index (κ2) is 6.95. The lowest BCUT2D eigenvalue weighted by Gasteiger charge is -2.21. The van der Waals surface area contributed by atoms with E-state index in [2.05, 4.69) is 27.4 Å². The first-order valence-electron chi connectivity index (χ1n) is 6.52. The number of ether oxygens (including phenoxy) is 1.